The Morgan fingerprint density at radius 3 is 2.58 bits per heavy atom. The molecular weight excluding hydrogens is 421 g/mol. The van der Waals surface area contributed by atoms with Gasteiger partial charge in [-0.05, 0) is 25.5 Å². The zero-order chi connectivity index (χ0) is 16.9. The Morgan fingerprint density at radius 2 is 1.92 bits per heavy atom. The van der Waals surface area contributed by atoms with E-state index < -0.39 is 0 Å². The molecule has 1 aromatic carbocycles. The molecule has 1 unspecified atom stereocenters. The first-order chi connectivity index (χ1) is 11.2. The molecule has 0 heterocycles. The molecule has 2 N–H and O–H groups in total. The molecule has 1 rings (SSSR count). The molecular formula is C17H30IN3O3. The molecule has 6 nitrogen and oxygen atoms in total. The van der Waals surface area contributed by atoms with Gasteiger partial charge in [0.25, 0.3) is 0 Å². The fourth-order valence-electron chi connectivity index (χ4n) is 1.89. The summed E-state index contributed by atoms with van der Waals surface area (Å²) in [7, 11) is 3.40. The second-order valence-electron chi connectivity index (χ2n) is 5.18. The van der Waals surface area contributed by atoms with Crippen LogP contribution in [0.15, 0.2) is 29.3 Å². The molecule has 1 atom stereocenters. The van der Waals surface area contributed by atoms with E-state index in [0.29, 0.717) is 32.9 Å². The number of nitrogens with zero attached hydrogens (tertiary/aromatic N) is 1. The summed E-state index contributed by atoms with van der Waals surface area (Å²) in [6, 6.07) is 8.01. The molecule has 0 spiro atoms. The smallest absolute Gasteiger partial charge is 0.191 e. The highest BCUT2D eigenvalue weighted by Gasteiger charge is 2.07. The number of hydrogen-bond donors (Lipinski definition) is 2. The zero-order valence-corrected chi connectivity index (χ0v) is 17.3. The van der Waals surface area contributed by atoms with Crippen LogP contribution in [0.1, 0.15) is 12.5 Å². The Kier molecular flexibility index (Phi) is 13.7. The summed E-state index contributed by atoms with van der Waals surface area (Å²) in [5.41, 5.74) is 1.13. The fourth-order valence-corrected chi connectivity index (χ4v) is 1.89. The molecule has 7 heteroatoms. The van der Waals surface area contributed by atoms with E-state index in [1.54, 1.807) is 14.2 Å². The highest BCUT2D eigenvalue weighted by atomic mass is 127. The summed E-state index contributed by atoms with van der Waals surface area (Å²) in [6.07, 6.45) is 0.0348. The molecule has 0 saturated carbocycles. The van der Waals surface area contributed by atoms with Gasteiger partial charge in [-0.2, -0.15) is 0 Å². The third-order valence-corrected chi connectivity index (χ3v) is 3.17. The number of aryl methyl sites for hydroxylation is 1. The van der Waals surface area contributed by atoms with E-state index in [-0.39, 0.29) is 30.1 Å². The van der Waals surface area contributed by atoms with Crippen LogP contribution in [0, 0.1) is 6.92 Å². The van der Waals surface area contributed by atoms with Gasteiger partial charge in [0.05, 0.1) is 26.4 Å². The van der Waals surface area contributed by atoms with Crippen molar-refractivity contribution in [2.24, 2.45) is 4.99 Å². The van der Waals surface area contributed by atoms with Crippen molar-refractivity contribution in [3.63, 3.8) is 0 Å². The molecule has 1 aromatic rings. The lowest BCUT2D eigenvalue weighted by atomic mass is 10.2. The summed E-state index contributed by atoms with van der Waals surface area (Å²) < 4.78 is 16.2. The number of aliphatic imine (C=N–C) groups is 1. The minimum Gasteiger partial charge on any atom is -0.489 e. The number of ether oxygens (including phenoxy) is 3. The summed E-state index contributed by atoms with van der Waals surface area (Å²) in [5.74, 6) is 1.65. The average molecular weight is 451 g/mol. The van der Waals surface area contributed by atoms with E-state index >= 15 is 0 Å². The highest BCUT2D eigenvalue weighted by molar-refractivity contribution is 14.0. The number of rotatable bonds is 10. The van der Waals surface area contributed by atoms with Crippen molar-refractivity contribution in [3.05, 3.63) is 29.8 Å². The second kappa shape index (κ2) is 14.3. The van der Waals surface area contributed by atoms with Crippen LogP contribution in [0.3, 0.4) is 0 Å². The molecule has 0 aliphatic heterocycles. The molecule has 0 fully saturated rings. The molecule has 0 radical (unpaired) electrons. The van der Waals surface area contributed by atoms with Gasteiger partial charge < -0.3 is 24.8 Å². The van der Waals surface area contributed by atoms with Gasteiger partial charge in [-0.1, -0.05) is 18.2 Å². The maximum Gasteiger partial charge on any atom is 0.191 e. The Labute approximate surface area is 162 Å². The van der Waals surface area contributed by atoms with E-state index in [4.69, 9.17) is 14.2 Å². The third-order valence-electron chi connectivity index (χ3n) is 3.17. The third kappa shape index (κ3) is 9.94. The maximum absolute atomic E-state index is 5.93. The van der Waals surface area contributed by atoms with E-state index in [1.165, 1.54) is 0 Å². The van der Waals surface area contributed by atoms with Crippen LogP contribution in [0.5, 0.6) is 5.75 Å². The topological polar surface area (TPSA) is 64.1 Å². The molecule has 0 bridgehead atoms. The SMILES string of the molecule is CN=C(NCCOCCOC)NCC(C)Oc1ccccc1C.I. The van der Waals surface area contributed by atoms with Crippen molar-refractivity contribution < 1.29 is 14.2 Å². The van der Waals surface area contributed by atoms with Gasteiger partial charge in [-0.15, -0.1) is 24.0 Å². The van der Waals surface area contributed by atoms with Crippen LogP contribution in [0.25, 0.3) is 0 Å². The zero-order valence-electron chi connectivity index (χ0n) is 15.0. The van der Waals surface area contributed by atoms with Crippen molar-refractivity contribution in [3.8, 4) is 5.75 Å². The van der Waals surface area contributed by atoms with Crippen LogP contribution in [0.2, 0.25) is 0 Å². The number of para-hydroxylation sites is 1. The van der Waals surface area contributed by atoms with Gasteiger partial charge in [0.1, 0.15) is 11.9 Å². The van der Waals surface area contributed by atoms with Crippen LogP contribution < -0.4 is 15.4 Å². The highest BCUT2D eigenvalue weighted by Crippen LogP contribution is 2.17. The molecule has 0 amide bonds. The lowest BCUT2D eigenvalue weighted by Gasteiger charge is -2.18. The van der Waals surface area contributed by atoms with Crippen LogP contribution in [-0.4, -0.2) is 59.1 Å². The standard InChI is InChI=1S/C17H29N3O3.HI/c1-14-7-5-6-8-16(14)23-15(2)13-20-17(18-3)19-9-10-22-12-11-21-4;/h5-8,15H,9-13H2,1-4H3,(H2,18,19,20);1H. The molecule has 0 aliphatic rings. The fraction of sp³-hybridized carbons (Fsp3) is 0.588. The largest absolute Gasteiger partial charge is 0.489 e. The van der Waals surface area contributed by atoms with Gasteiger partial charge in [0.15, 0.2) is 5.96 Å². The van der Waals surface area contributed by atoms with Gasteiger partial charge >= 0.3 is 0 Å². The first-order valence-corrected chi connectivity index (χ1v) is 7.90. The minimum atomic E-state index is 0. The van der Waals surface area contributed by atoms with E-state index in [2.05, 4.69) is 15.6 Å². The number of hydrogen-bond acceptors (Lipinski definition) is 4. The number of benzene rings is 1. The van der Waals surface area contributed by atoms with Gasteiger partial charge in [0.2, 0.25) is 0 Å². The van der Waals surface area contributed by atoms with Gasteiger partial charge in [0, 0.05) is 20.7 Å². The summed E-state index contributed by atoms with van der Waals surface area (Å²) >= 11 is 0. The monoisotopic (exact) mass is 451 g/mol. The predicted molar refractivity (Wildman–Crippen MR) is 109 cm³/mol. The summed E-state index contributed by atoms with van der Waals surface area (Å²) in [6.45, 7) is 7.25. The number of guanidine groups is 1. The number of nitrogens with one attached hydrogen (secondary N) is 2. The number of halogens is 1. The second-order valence-corrected chi connectivity index (χ2v) is 5.18. The molecule has 138 valence electrons. The minimum absolute atomic E-state index is 0. The Hall–Kier alpha value is -1.06. The van der Waals surface area contributed by atoms with Crippen LogP contribution in [-0.2, 0) is 9.47 Å². The van der Waals surface area contributed by atoms with Crippen molar-refractivity contribution in [1.82, 2.24) is 10.6 Å². The van der Waals surface area contributed by atoms with Gasteiger partial charge in [-0.25, -0.2) is 0 Å². The van der Waals surface area contributed by atoms with Crippen molar-refractivity contribution in [2.75, 3.05) is 47.1 Å². The Balaban J connectivity index is 0.00000529. The molecule has 24 heavy (non-hydrogen) atoms. The summed E-state index contributed by atoms with van der Waals surface area (Å²) in [5, 5.41) is 6.44. The molecule has 0 aliphatic carbocycles. The predicted octanol–water partition coefficient (Wildman–Crippen LogP) is 2.21. The molecule has 0 aromatic heterocycles. The van der Waals surface area contributed by atoms with E-state index in [0.717, 1.165) is 17.3 Å². The lowest BCUT2D eigenvalue weighted by Crippen LogP contribution is -2.42. The van der Waals surface area contributed by atoms with Crippen molar-refractivity contribution in [1.29, 1.82) is 0 Å². The first kappa shape index (κ1) is 22.9. The summed E-state index contributed by atoms with van der Waals surface area (Å²) in [4.78, 5) is 4.18. The van der Waals surface area contributed by atoms with Crippen molar-refractivity contribution in [2.45, 2.75) is 20.0 Å². The Morgan fingerprint density at radius 1 is 1.17 bits per heavy atom. The average Bonchev–Trinajstić information content (AvgIpc) is 2.55. The van der Waals surface area contributed by atoms with E-state index in [9.17, 15) is 0 Å². The lowest BCUT2D eigenvalue weighted by molar-refractivity contribution is 0.0733. The maximum atomic E-state index is 5.93. The van der Waals surface area contributed by atoms with Crippen LogP contribution in [0.4, 0.5) is 0 Å². The molecule has 0 saturated heterocycles. The Bertz CT molecular complexity index is 472. The van der Waals surface area contributed by atoms with Crippen LogP contribution >= 0.6 is 24.0 Å². The van der Waals surface area contributed by atoms with Crippen molar-refractivity contribution >= 4 is 29.9 Å². The number of methoxy groups -OCH3 is 1. The van der Waals surface area contributed by atoms with Gasteiger partial charge in [-0.3, -0.25) is 4.99 Å². The quantitative estimate of drug-likeness (QED) is 0.247. The first-order valence-electron chi connectivity index (χ1n) is 7.90. The van der Waals surface area contributed by atoms with E-state index in [1.807, 2.05) is 38.1 Å². The normalized spacial score (nSPS) is 12.2.